The number of carbonyl (C=O) groups excluding carboxylic acids is 1. The normalized spacial score (nSPS) is 29.6. The molecule has 3 rings (SSSR count). The molecule has 1 aliphatic heterocycles. The van der Waals surface area contributed by atoms with E-state index in [1.807, 2.05) is 0 Å². The lowest BCUT2D eigenvalue weighted by atomic mass is 10.1. The minimum Gasteiger partial charge on any atom is -0.352 e. The smallest absolute Gasteiger partial charge is 0.234 e. The van der Waals surface area contributed by atoms with Crippen molar-refractivity contribution in [3.05, 3.63) is 0 Å². The quantitative estimate of drug-likeness (QED) is 0.751. The lowest BCUT2D eigenvalue weighted by molar-refractivity contribution is -0.124. The van der Waals surface area contributed by atoms with Gasteiger partial charge in [0.1, 0.15) is 0 Å². The fourth-order valence-corrected chi connectivity index (χ4v) is 3.07. The molecule has 0 radical (unpaired) electrons. The maximum Gasteiger partial charge on any atom is 0.234 e. The molecule has 4 nitrogen and oxygen atoms in total. The fourth-order valence-electron chi connectivity index (χ4n) is 3.07. The van der Waals surface area contributed by atoms with Gasteiger partial charge in [-0.1, -0.05) is 0 Å². The fraction of sp³-hybridized carbons (Fsp3) is 0.929. The third-order valence-electron chi connectivity index (χ3n) is 4.57. The Kier molecular flexibility index (Phi) is 3.57. The number of hydrogen-bond donors (Lipinski definition) is 2. The van der Waals surface area contributed by atoms with Crippen LogP contribution in [0.5, 0.6) is 0 Å². The Morgan fingerprint density at radius 3 is 2.56 bits per heavy atom. The molecule has 102 valence electrons. The molecule has 3 fully saturated rings. The summed E-state index contributed by atoms with van der Waals surface area (Å²) in [6.45, 7) is 5.78. The summed E-state index contributed by atoms with van der Waals surface area (Å²) in [7, 11) is 0. The van der Waals surface area contributed by atoms with E-state index in [2.05, 4.69) is 22.5 Å². The van der Waals surface area contributed by atoms with Gasteiger partial charge in [-0.05, 0) is 44.4 Å². The highest BCUT2D eigenvalue weighted by atomic mass is 16.2. The zero-order valence-corrected chi connectivity index (χ0v) is 11.3. The first-order valence-electron chi connectivity index (χ1n) is 7.48. The molecule has 1 saturated heterocycles. The maximum atomic E-state index is 12.2. The largest absolute Gasteiger partial charge is 0.352 e. The molecule has 1 heterocycles. The average molecular weight is 251 g/mol. The van der Waals surface area contributed by atoms with Gasteiger partial charge in [-0.15, -0.1) is 0 Å². The first kappa shape index (κ1) is 12.4. The number of nitrogens with zero attached hydrogens (tertiary/aromatic N) is 1. The summed E-state index contributed by atoms with van der Waals surface area (Å²) in [5.41, 5.74) is 0. The van der Waals surface area contributed by atoms with E-state index >= 15 is 0 Å². The first-order valence-corrected chi connectivity index (χ1v) is 7.48. The van der Waals surface area contributed by atoms with Crippen LogP contribution < -0.4 is 10.6 Å². The standard InChI is InChI=1S/C14H25N3O/c1-10-8-15-6-7-17(10)9-13(18)16-14(11-2-3-11)12-4-5-12/h10-12,14-15H,2-9H2,1H3,(H,16,18)/t10-/m1/s1. The van der Waals surface area contributed by atoms with E-state index in [1.54, 1.807) is 0 Å². The van der Waals surface area contributed by atoms with Gasteiger partial charge in [-0.25, -0.2) is 0 Å². The zero-order chi connectivity index (χ0) is 12.5. The number of nitrogens with one attached hydrogen (secondary N) is 2. The van der Waals surface area contributed by atoms with Crippen molar-refractivity contribution < 1.29 is 4.79 Å². The van der Waals surface area contributed by atoms with Crippen LogP contribution in [-0.4, -0.2) is 49.1 Å². The molecule has 0 bridgehead atoms. The van der Waals surface area contributed by atoms with E-state index in [0.717, 1.165) is 31.5 Å². The third kappa shape index (κ3) is 3.04. The van der Waals surface area contributed by atoms with Gasteiger partial charge in [0.25, 0.3) is 0 Å². The predicted molar refractivity (Wildman–Crippen MR) is 71.3 cm³/mol. The lowest BCUT2D eigenvalue weighted by Crippen LogP contribution is -2.53. The molecule has 0 aromatic carbocycles. The molecule has 2 saturated carbocycles. The maximum absolute atomic E-state index is 12.2. The van der Waals surface area contributed by atoms with Crippen LogP contribution >= 0.6 is 0 Å². The highest BCUT2D eigenvalue weighted by Crippen LogP contribution is 2.44. The summed E-state index contributed by atoms with van der Waals surface area (Å²) in [6, 6.07) is 0.973. The van der Waals surface area contributed by atoms with E-state index in [1.165, 1.54) is 25.7 Å². The number of carbonyl (C=O) groups is 1. The second-order valence-electron chi connectivity index (χ2n) is 6.29. The third-order valence-corrected chi connectivity index (χ3v) is 4.57. The summed E-state index contributed by atoms with van der Waals surface area (Å²) in [5.74, 6) is 1.83. The van der Waals surface area contributed by atoms with Crippen molar-refractivity contribution in [2.24, 2.45) is 11.8 Å². The molecule has 0 aromatic rings. The first-order chi connectivity index (χ1) is 8.74. The van der Waals surface area contributed by atoms with Crippen molar-refractivity contribution in [1.29, 1.82) is 0 Å². The minimum atomic E-state index is 0.243. The van der Waals surface area contributed by atoms with Crippen molar-refractivity contribution in [2.45, 2.75) is 44.7 Å². The highest BCUT2D eigenvalue weighted by Gasteiger charge is 2.42. The molecule has 1 atom stereocenters. The second kappa shape index (κ2) is 5.17. The van der Waals surface area contributed by atoms with Gasteiger partial charge in [-0.3, -0.25) is 9.69 Å². The SMILES string of the molecule is C[C@@H]1CNCCN1CC(=O)NC(C1CC1)C1CC1. The summed E-state index contributed by atoms with van der Waals surface area (Å²) < 4.78 is 0. The van der Waals surface area contributed by atoms with Crippen LogP contribution in [0.25, 0.3) is 0 Å². The van der Waals surface area contributed by atoms with Gasteiger partial charge < -0.3 is 10.6 Å². The van der Waals surface area contributed by atoms with Crippen molar-refractivity contribution in [3.63, 3.8) is 0 Å². The number of amides is 1. The van der Waals surface area contributed by atoms with Gasteiger partial charge in [0.15, 0.2) is 0 Å². The monoisotopic (exact) mass is 251 g/mol. The molecule has 0 aromatic heterocycles. The Labute approximate surface area is 109 Å². The van der Waals surface area contributed by atoms with Crippen LogP contribution in [0.3, 0.4) is 0 Å². The Bertz CT molecular complexity index is 300. The van der Waals surface area contributed by atoms with Crippen molar-refractivity contribution >= 4 is 5.91 Å². The Balaban J connectivity index is 1.48. The van der Waals surface area contributed by atoms with Crippen molar-refractivity contribution in [2.75, 3.05) is 26.2 Å². The van der Waals surface area contributed by atoms with E-state index in [9.17, 15) is 4.79 Å². The molecular formula is C14H25N3O. The number of piperazine rings is 1. The van der Waals surface area contributed by atoms with Crippen LogP contribution in [0.15, 0.2) is 0 Å². The topological polar surface area (TPSA) is 44.4 Å². The van der Waals surface area contributed by atoms with Crippen LogP contribution in [0, 0.1) is 11.8 Å². The molecule has 4 heteroatoms. The van der Waals surface area contributed by atoms with Crippen LogP contribution in [0.2, 0.25) is 0 Å². The summed E-state index contributed by atoms with van der Waals surface area (Å²) in [5, 5.41) is 6.67. The molecule has 2 N–H and O–H groups in total. The molecule has 18 heavy (non-hydrogen) atoms. The van der Waals surface area contributed by atoms with E-state index in [-0.39, 0.29) is 5.91 Å². The number of rotatable bonds is 5. The molecule has 0 unspecified atom stereocenters. The highest BCUT2D eigenvalue weighted by molar-refractivity contribution is 5.78. The summed E-state index contributed by atoms with van der Waals surface area (Å²) in [4.78, 5) is 14.5. The van der Waals surface area contributed by atoms with E-state index < -0.39 is 0 Å². The van der Waals surface area contributed by atoms with Crippen LogP contribution in [0.1, 0.15) is 32.6 Å². The molecule has 1 amide bonds. The van der Waals surface area contributed by atoms with Gasteiger partial charge in [0.05, 0.1) is 6.54 Å². The van der Waals surface area contributed by atoms with E-state index in [0.29, 0.717) is 18.6 Å². The number of hydrogen-bond acceptors (Lipinski definition) is 3. The van der Waals surface area contributed by atoms with E-state index in [4.69, 9.17) is 0 Å². The summed E-state index contributed by atoms with van der Waals surface area (Å²) in [6.07, 6.45) is 5.30. The van der Waals surface area contributed by atoms with Crippen LogP contribution in [0.4, 0.5) is 0 Å². The van der Waals surface area contributed by atoms with Crippen molar-refractivity contribution in [1.82, 2.24) is 15.5 Å². The van der Waals surface area contributed by atoms with Gasteiger partial charge in [0.2, 0.25) is 5.91 Å². The Morgan fingerprint density at radius 2 is 2.00 bits per heavy atom. The van der Waals surface area contributed by atoms with Gasteiger partial charge in [0, 0.05) is 31.7 Å². The zero-order valence-electron chi connectivity index (χ0n) is 11.3. The van der Waals surface area contributed by atoms with Gasteiger partial charge >= 0.3 is 0 Å². The average Bonchev–Trinajstić information content (AvgIpc) is 3.22. The molecule has 2 aliphatic carbocycles. The second-order valence-corrected chi connectivity index (χ2v) is 6.29. The summed E-state index contributed by atoms with van der Waals surface area (Å²) >= 11 is 0. The predicted octanol–water partition coefficient (Wildman–Crippen LogP) is 0.585. The molecular weight excluding hydrogens is 226 g/mol. The minimum absolute atomic E-state index is 0.243. The molecule has 0 spiro atoms. The Morgan fingerprint density at radius 1 is 1.33 bits per heavy atom. The van der Waals surface area contributed by atoms with Crippen LogP contribution in [-0.2, 0) is 4.79 Å². The lowest BCUT2D eigenvalue weighted by Gasteiger charge is -2.33. The molecule has 3 aliphatic rings. The van der Waals surface area contributed by atoms with Crippen molar-refractivity contribution in [3.8, 4) is 0 Å². The Hall–Kier alpha value is -0.610. The van der Waals surface area contributed by atoms with Gasteiger partial charge in [-0.2, -0.15) is 0 Å².